The van der Waals surface area contributed by atoms with E-state index in [-0.39, 0.29) is 19.1 Å². The topological polar surface area (TPSA) is 69.6 Å². The maximum atomic E-state index is 10.2. The van der Waals surface area contributed by atoms with Crippen molar-refractivity contribution in [1.82, 2.24) is 5.32 Å². The van der Waals surface area contributed by atoms with Crippen molar-refractivity contribution in [3.63, 3.8) is 0 Å². The van der Waals surface area contributed by atoms with Gasteiger partial charge < -0.3 is 15.5 Å². The first-order chi connectivity index (χ1) is 5.16. The summed E-state index contributed by atoms with van der Waals surface area (Å²) in [5, 5.41) is 19.7. The molecule has 0 rings (SSSR count). The van der Waals surface area contributed by atoms with Crippen LogP contribution in [-0.2, 0) is 4.79 Å². The molecule has 0 aromatic carbocycles. The van der Waals surface area contributed by atoms with Crippen LogP contribution in [0, 0.1) is 0 Å². The average Bonchev–Trinajstić information content (AvgIpc) is 1.86. The molecular formula is C7H15NO3. The third-order valence-electron chi connectivity index (χ3n) is 1.31. The molecule has 0 radical (unpaired) electrons. The minimum Gasteiger partial charge on any atom is -0.481 e. The summed E-state index contributed by atoms with van der Waals surface area (Å²) in [6.07, 6.45) is 0.801. The lowest BCUT2D eigenvalue weighted by Gasteiger charge is -2.09. The van der Waals surface area contributed by atoms with E-state index in [0.717, 1.165) is 0 Å². The average molecular weight is 161 g/mol. The van der Waals surface area contributed by atoms with Gasteiger partial charge in [-0.25, -0.2) is 0 Å². The van der Waals surface area contributed by atoms with Gasteiger partial charge in [-0.15, -0.1) is 0 Å². The largest absolute Gasteiger partial charge is 0.481 e. The summed E-state index contributed by atoms with van der Waals surface area (Å²) in [4.78, 5) is 10.2. The molecule has 4 nitrogen and oxygen atoms in total. The number of aliphatic hydroxyl groups excluding tert-OH is 1. The molecule has 11 heavy (non-hydrogen) atoms. The van der Waals surface area contributed by atoms with Crippen molar-refractivity contribution < 1.29 is 15.0 Å². The highest BCUT2D eigenvalue weighted by Gasteiger charge is 2.04. The van der Waals surface area contributed by atoms with Gasteiger partial charge >= 0.3 is 5.97 Å². The van der Waals surface area contributed by atoms with Gasteiger partial charge in [0.1, 0.15) is 0 Å². The van der Waals surface area contributed by atoms with Crippen LogP contribution in [0.25, 0.3) is 0 Å². The van der Waals surface area contributed by atoms with Crippen molar-refractivity contribution in [2.24, 2.45) is 0 Å². The zero-order valence-corrected chi connectivity index (χ0v) is 6.71. The summed E-state index contributed by atoms with van der Waals surface area (Å²) in [5.74, 6) is -0.797. The summed E-state index contributed by atoms with van der Waals surface area (Å²) < 4.78 is 0. The zero-order chi connectivity index (χ0) is 8.69. The molecule has 0 spiro atoms. The number of carboxylic acid groups (broad SMARTS) is 1. The van der Waals surface area contributed by atoms with Gasteiger partial charge in [-0.2, -0.15) is 0 Å². The SMILES string of the molecule is CC(CC(=O)O)NCCCO. The number of hydrogen-bond acceptors (Lipinski definition) is 3. The molecule has 1 atom stereocenters. The van der Waals surface area contributed by atoms with Gasteiger partial charge in [0.25, 0.3) is 0 Å². The second kappa shape index (κ2) is 6.12. The molecule has 0 aliphatic heterocycles. The fraction of sp³-hybridized carbons (Fsp3) is 0.857. The van der Waals surface area contributed by atoms with Crippen LogP contribution < -0.4 is 5.32 Å². The predicted octanol–water partition coefficient (Wildman–Crippen LogP) is -0.178. The van der Waals surface area contributed by atoms with Crippen molar-refractivity contribution >= 4 is 5.97 Å². The Morgan fingerprint density at radius 1 is 1.64 bits per heavy atom. The fourth-order valence-corrected chi connectivity index (χ4v) is 0.762. The highest BCUT2D eigenvalue weighted by Crippen LogP contribution is 1.89. The number of carboxylic acids is 1. The second-order valence-corrected chi connectivity index (χ2v) is 2.53. The van der Waals surface area contributed by atoms with E-state index in [1.54, 1.807) is 0 Å². The molecule has 66 valence electrons. The van der Waals surface area contributed by atoms with E-state index >= 15 is 0 Å². The van der Waals surface area contributed by atoms with Crippen molar-refractivity contribution in [2.75, 3.05) is 13.2 Å². The molecule has 0 bridgehead atoms. The maximum Gasteiger partial charge on any atom is 0.304 e. The Balaban J connectivity index is 3.22. The van der Waals surface area contributed by atoms with E-state index in [0.29, 0.717) is 13.0 Å². The van der Waals surface area contributed by atoms with E-state index < -0.39 is 5.97 Å². The molecule has 0 saturated carbocycles. The summed E-state index contributed by atoms with van der Waals surface area (Å²) in [6.45, 7) is 2.63. The van der Waals surface area contributed by atoms with E-state index in [4.69, 9.17) is 10.2 Å². The molecule has 0 heterocycles. The molecule has 0 aromatic heterocycles. The van der Waals surface area contributed by atoms with Crippen LogP contribution in [-0.4, -0.2) is 35.4 Å². The molecule has 0 aromatic rings. The standard InChI is InChI=1S/C7H15NO3/c1-6(5-7(10)11)8-3-2-4-9/h6,8-9H,2-5H2,1H3,(H,10,11). The van der Waals surface area contributed by atoms with Gasteiger partial charge in [0.2, 0.25) is 0 Å². The van der Waals surface area contributed by atoms with Crippen molar-refractivity contribution in [2.45, 2.75) is 25.8 Å². The van der Waals surface area contributed by atoms with Crippen LogP contribution in [0.2, 0.25) is 0 Å². The lowest BCUT2D eigenvalue weighted by atomic mass is 10.2. The van der Waals surface area contributed by atoms with Crippen molar-refractivity contribution in [3.05, 3.63) is 0 Å². The lowest BCUT2D eigenvalue weighted by Crippen LogP contribution is -2.29. The summed E-state index contributed by atoms with van der Waals surface area (Å²) >= 11 is 0. The molecule has 0 amide bonds. The number of aliphatic hydroxyl groups is 1. The summed E-state index contributed by atoms with van der Waals surface area (Å²) in [6, 6.07) is -0.0148. The van der Waals surface area contributed by atoms with Crippen LogP contribution in [0.5, 0.6) is 0 Å². The molecular weight excluding hydrogens is 146 g/mol. The number of rotatable bonds is 6. The van der Waals surface area contributed by atoms with E-state index in [2.05, 4.69) is 5.32 Å². The molecule has 1 unspecified atom stereocenters. The first-order valence-electron chi connectivity index (χ1n) is 3.73. The molecule has 3 N–H and O–H groups in total. The number of nitrogens with one attached hydrogen (secondary N) is 1. The van der Waals surface area contributed by atoms with Crippen LogP contribution >= 0.6 is 0 Å². The first-order valence-corrected chi connectivity index (χ1v) is 3.73. The van der Waals surface area contributed by atoms with E-state index in [1.165, 1.54) is 0 Å². The highest BCUT2D eigenvalue weighted by molar-refractivity contribution is 5.67. The van der Waals surface area contributed by atoms with Gasteiger partial charge in [-0.05, 0) is 19.9 Å². The quantitative estimate of drug-likeness (QED) is 0.473. The molecule has 4 heteroatoms. The van der Waals surface area contributed by atoms with Crippen molar-refractivity contribution in [1.29, 1.82) is 0 Å². The summed E-state index contributed by atoms with van der Waals surface area (Å²) in [5.41, 5.74) is 0. The molecule has 0 fully saturated rings. The molecule has 0 aliphatic rings. The summed E-state index contributed by atoms with van der Waals surface area (Å²) in [7, 11) is 0. The lowest BCUT2D eigenvalue weighted by molar-refractivity contribution is -0.137. The Kier molecular flexibility index (Phi) is 5.78. The number of carbonyl (C=O) groups is 1. The van der Waals surface area contributed by atoms with Gasteiger partial charge in [-0.1, -0.05) is 0 Å². The smallest absolute Gasteiger partial charge is 0.304 e. The number of hydrogen-bond donors (Lipinski definition) is 3. The Morgan fingerprint density at radius 2 is 2.27 bits per heavy atom. The Labute approximate surface area is 66.2 Å². The molecule has 0 aliphatic carbocycles. The van der Waals surface area contributed by atoms with Gasteiger partial charge in [0.15, 0.2) is 0 Å². The third kappa shape index (κ3) is 7.29. The fourth-order valence-electron chi connectivity index (χ4n) is 0.762. The minimum absolute atomic E-state index is 0.0148. The molecule has 0 saturated heterocycles. The Hall–Kier alpha value is -0.610. The van der Waals surface area contributed by atoms with Gasteiger partial charge in [0, 0.05) is 12.6 Å². The monoisotopic (exact) mass is 161 g/mol. The first kappa shape index (κ1) is 10.4. The zero-order valence-electron chi connectivity index (χ0n) is 6.71. The van der Waals surface area contributed by atoms with Crippen LogP contribution in [0.3, 0.4) is 0 Å². The highest BCUT2D eigenvalue weighted by atomic mass is 16.4. The van der Waals surface area contributed by atoms with Gasteiger partial charge in [-0.3, -0.25) is 4.79 Å². The maximum absolute atomic E-state index is 10.2. The minimum atomic E-state index is -0.797. The van der Waals surface area contributed by atoms with Gasteiger partial charge in [0.05, 0.1) is 6.42 Å². The van der Waals surface area contributed by atoms with E-state index in [1.807, 2.05) is 6.92 Å². The Morgan fingerprint density at radius 3 is 2.73 bits per heavy atom. The second-order valence-electron chi connectivity index (χ2n) is 2.53. The van der Waals surface area contributed by atoms with Crippen LogP contribution in [0.15, 0.2) is 0 Å². The van der Waals surface area contributed by atoms with Crippen LogP contribution in [0.1, 0.15) is 19.8 Å². The predicted molar refractivity (Wildman–Crippen MR) is 41.4 cm³/mol. The third-order valence-corrected chi connectivity index (χ3v) is 1.31. The van der Waals surface area contributed by atoms with E-state index in [9.17, 15) is 4.79 Å². The van der Waals surface area contributed by atoms with Crippen LogP contribution in [0.4, 0.5) is 0 Å². The Bertz CT molecular complexity index is 116. The normalized spacial score (nSPS) is 12.9. The number of aliphatic carboxylic acids is 1. The van der Waals surface area contributed by atoms with Crippen molar-refractivity contribution in [3.8, 4) is 0 Å².